The van der Waals surface area contributed by atoms with Crippen molar-refractivity contribution in [1.29, 1.82) is 0 Å². The molecule has 5 nitrogen and oxygen atoms in total. The summed E-state index contributed by atoms with van der Waals surface area (Å²) in [5, 5.41) is 3.62. The van der Waals surface area contributed by atoms with Crippen LogP contribution in [0.15, 0.2) is 181 Å². The maximum atomic E-state index is 5.09. The Balaban J connectivity index is 0.993. The second kappa shape index (κ2) is 11.8. The summed E-state index contributed by atoms with van der Waals surface area (Å²) >= 11 is 0. The fourth-order valence-corrected chi connectivity index (χ4v) is 9.65. The topological polar surface area (TPSA) is 49.2 Å². The van der Waals surface area contributed by atoms with Gasteiger partial charge in [-0.2, -0.15) is 0 Å². The third-order valence-electron chi connectivity index (χ3n) is 12.0. The van der Waals surface area contributed by atoms with Gasteiger partial charge >= 0.3 is 5.71 Å². The van der Waals surface area contributed by atoms with Gasteiger partial charge in [0.25, 0.3) is 6.21 Å². The van der Waals surface area contributed by atoms with Gasteiger partial charge in [0.15, 0.2) is 5.41 Å². The fraction of sp³-hybridized carbons (Fsp3) is 0.0588. The summed E-state index contributed by atoms with van der Waals surface area (Å²) in [6.07, 6.45) is 14.3. The van der Waals surface area contributed by atoms with E-state index in [0.717, 1.165) is 57.6 Å². The maximum absolute atomic E-state index is 5.09. The van der Waals surface area contributed by atoms with Crippen LogP contribution in [0.3, 0.4) is 0 Å². The summed E-state index contributed by atoms with van der Waals surface area (Å²) in [5.41, 5.74) is 16.7. The molecule has 3 aliphatic rings. The van der Waals surface area contributed by atoms with Crippen molar-refractivity contribution in [3.63, 3.8) is 0 Å². The predicted molar refractivity (Wildman–Crippen MR) is 233 cm³/mol. The van der Waals surface area contributed by atoms with Crippen molar-refractivity contribution in [2.45, 2.75) is 18.3 Å². The van der Waals surface area contributed by atoms with Crippen LogP contribution in [0.2, 0.25) is 0 Å². The normalized spacial score (nSPS) is 16.9. The standard InChI is InChI=1S/C51H34N5/c1-4-14-42-37(11-1)40-32-47-41(31-43(40)51(42,49-19-10-29-53-49)48-18-7-8-28-52-48)38-12-2-5-15-44(38)56(47)36-26-22-34(23-27-36)33-20-24-35(25-21-33)55-45-16-6-3-13-39(45)50-46(55)17-9-30-54-50/h1-6,9-32H,7-8H2/q+1. The van der Waals surface area contributed by atoms with Crippen LogP contribution in [-0.4, -0.2) is 32.3 Å². The molecule has 0 spiro atoms. The number of para-hydroxylation sites is 2. The molecule has 0 amide bonds. The zero-order valence-corrected chi connectivity index (χ0v) is 30.5. The average molecular weight is 717 g/mol. The van der Waals surface area contributed by atoms with E-state index in [2.05, 4.69) is 173 Å². The molecule has 2 aliphatic heterocycles. The molecule has 0 saturated carbocycles. The lowest BCUT2D eigenvalue weighted by molar-refractivity contribution is 0.799. The Kier molecular flexibility index (Phi) is 6.56. The van der Waals surface area contributed by atoms with Gasteiger partial charge in [-0.25, -0.2) is 0 Å². The lowest BCUT2D eigenvalue weighted by Crippen LogP contribution is -2.37. The van der Waals surface area contributed by atoms with E-state index in [1.165, 1.54) is 55.2 Å². The third-order valence-corrected chi connectivity index (χ3v) is 12.0. The molecule has 0 radical (unpaired) electrons. The van der Waals surface area contributed by atoms with E-state index in [1.807, 2.05) is 18.5 Å². The first-order chi connectivity index (χ1) is 27.8. The number of hydrogen-bond donors (Lipinski definition) is 0. The van der Waals surface area contributed by atoms with Gasteiger partial charge in [0, 0.05) is 52.1 Å². The summed E-state index contributed by atoms with van der Waals surface area (Å²) < 4.78 is 9.72. The SMILES string of the molecule is C1=CC(C2(C3=CCCC=N3)c3ccccc3-c3cc4c(cc32)c2ccccc2n4-c2ccc(-c3ccc(-n4c5ccccc5c5ncccc54)cc3)cc2)=[N+]=C1. The molecule has 56 heavy (non-hydrogen) atoms. The highest BCUT2D eigenvalue weighted by Crippen LogP contribution is 2.56. The number of nitrogens with zero attached hydrogens (tertiary/aromatic N) is 5. The number of fused-ring (bicyclic) bond motifs is 9. The van der Waals surface area contributed by atoms with E-state index >= 15 is 0 Å². The fourth-order valence-electron chi connectivity index (χ4n) is 9.65. The molecule has 262 valence electrons. The third kappa shape index (κ3) is 4.23. The predicted octanol–water partition coefficient (Wildman–Crippen LogP) is 11.1. The van der Waals surface area contributed by atoms with Crippen LogP contribution in [-0.2, 0) is 5.41 Å². The van der Waals surface area contributed by atoms with E-state index in [-0.39, 0.29) is 0 Å². The average Bonchev–Trinajstić information content (AvgIpc) is 4.05. The molecule has 0 N–H and O–H groups in total. The zero-order valence-electron chi connectivity index (χ0n) is 30.5. The van der Waals surface area contributed by atoms with Crippen molar-refractivity contribution in [3.05, 3.63) is 187 Å². The summed E-state index contributed by atoms with van der Waals surface area (Å²) in [6, 6.07) is 53.0. The molecule has 0 fully saturated rings. The molecule has 5 heterocycles. The number of pyridine rings is 1. The van der Waals surface area contributed by atoms with Gasteiger partial charge in [0.05, 0.1) is 33.3 Å². The number of aromatic nitrogens is 3. The number of benzene rings is 6. The van der Waals surface area contributed by atoms with Gasteiger partial charge in [0.1, 0.15) is 0 Å². The zero-order chi connectivity index (χ0) is 36.8. The van der Waals surface area contributed by atoms with Crippen LogP contribution in [0, 0.1) is 0 Å². The summed E-state index contributed by atoms with van der Waals surface area (Å²) in [4.78, 5) is 9.81. The Morgan fingerprint density at radius 1 is 0.554 bits per heavy atom. The number of rotatable bonds is 5. The van der Waals surface area contributed by atoms with Gasteiger partial charge in [0.2, 0.25) is 0 Å². The summed E-state index contributed by atoms with van der Waals surface area (Å²) in [6.45, 7) is 0. The van der Waals surface area contributed by atoms with Crippen LogP contribution in [0.25, 0.3) is 77.4 Å². The van der Waals surface area contributed by atoms with Crippen LogP contribution in [0.5, 0.6) is 0 Å². The molecule has 6 aromatic carbocycles. The monoisotopic (exact) mass is 716 g/mol. The number of allylic oxidation sites excluding steroid dienone is 4. The van der Waals surface area contributed by atoms with Crippen molar-refractivity contribution in [1.82, 2.24) is 18.8 Å². The Morgan fingerprint density at radius 2 is 1.23 bits per heavy atom. The first-order valence-corrected chi connectivity index (χ1v) is 19.3. The summed E-state index contributed by atoms with van der Waals surface area (Å²) in [7, 11) is 0. The molecular formula is C51H34N5+. The van der Waals surface area contributed by atoms with Crippen molar-refractivity contribution in [2.75, 3.05) is 0 Å². The van der Waals surface area contributed by atoms with Crippen LogP contribution in [0.4, 0.5) is 0 Å². The first kappa shape index (κ1) is 31.1. The second-order valence-electron chi connectivity index (χ2n) is 14.9. The minimum atomic E-state index is -0.584. The van der Waals surface area contributed by atoms with Crippen molar-refractivity contribution in [2.24, 2.45) is 4.99 Å². The highest BCUT2D eigenvalue weighted by molar-refractivity contribution is 6.19. The lowest BCUT2D eigenvalue weighted by Gasteiger charge is -2.28. The number of aliphatic imine (C=N–C) groups is 1. The van der Waals surface area contributed by atoms with Crippen LogP contribution in [0.1, 0.15) is 24.0 Å². The van der Waals surface area contributed by atoms with Crippen LogP contribution < -0.4 is 4.67 Å². The quantitative estimate of drug-likeness (QED) is 0.164. The Labute approximate surface area is 323 Å². The molecule has 9 aromatic rings. The van der Waals surface area contributed by atoms with Crippen molar-refractivity contribution < 1.29 is 0 Å². The van der Waals surface area contributed by atoms with Gasteiger partial charge in [-0.3, -0.25) is 9.98 Å². The lowest BCUT2D eigenvalue weighted by atomic mass is 9.70. The van der Waals surface area contributed by atoms with Gasteiger partial charge in [-0.05, 0) is 107 Å². The van der Waals surface area contributed by atoms with Gasteiger partial charge in [-0.1, -0.05) is 95.7 Å². The first-order valence-electron chi connectivity index (χ1n) is 19.3. The molecule has 12 rings (SSSR count). The van der Waals surface area contributed by atoms with Gasteiger partial charge in [-0.15, -0.1) is 0 Å². The largest absolute Gasteiger partial charge is 0.324 e. The molecule has 0 bridgehead atoms. The van der Waals surface area contributed by atoms with Gasteiger partial charge < -0.3 is 9.13 Å². The summed E-state index contributed by atoms with van der Waals surface area (Å²) in [5.74, 6) is 0. The second-order valence-corrected chi connectivity index (χ2v) is 14.9. The Bertz CT molecular complexity index is 3220. The number of hydrogen-bond acceptors (Lipinski definition) is 2. The van der Waals surface area contributed by atoms with E-state index in [4.69, 9.17) is 14.6 Å². The minimum absolute atomic E-state index is 0.584. The molecular weight excluding hydrogens is 683 g/mol. The molecule has 5 heteroatoms. The highest BCUT2D eigenvalue weighted by Gasteiger charge is 2.55. The minimum Gasteiger partial charge on any atom is -0.309 e. The van der Waals surface area contributed by atoms with E-state index in [1.54, 1.807) is 0 Å². The molecule has 3 aromatic heterocycles. The molecule has 1 aliphatic carbocycles. The Hall–Kier alpha value is -7.33. The van der Waals surface area contributed by atoms with E-state index in [0.29, 0.717) is 0 Å². The van der Waals surface area contributed by atoms with E-state index in [9.17, 15) is 0 Å². The molecule has 1 atom stereocenters. The van der Waals surface area contributed by atoms with Crippen LogP contribution >= 0.6 is 0 Å². The van der Waals surface area contributed by atoms with Crippen molar-refractivity contribution in [3.8, 4) is 33.6 Å². The highest BCUT2D eigenvalue weighted by atomic mass is 15.0. The Morgan fingerprint density at radius 3 is 1.96 bits per heavy atom. The molecule has 0 saturated heterocycles. The maximum Gasteiger partial charge on any atom is 0.324 e. The molecule has 1 unspecified atom stereocenters. The van der Waals surface area contributed by atoms with E-state index < -0.39 is 5.41 Å². The smallest absolute Gasteiger partial charge is 0.309 e. The van der Waals surface area contributed by atoms with Crippen molar-refractivity contribution >= 4 is 61.9 Å².